The molecule has 2 aromatic heterocycles. The fourth-order valence-corrected chi connectivity index (χ4v) is 1.99. The predicted octanol–water partition coefficient (Wildman–Crippen LogP) is 1.34. The monoisotopic (exact) mass is 233 g/mol. The number of furan rings is 1. The highest BCUT2D eigenvalue weighted by Gasteiger charge is 2.14. The standard InChI is InChI=1S/C12H15N3O2/c1-2-11(16-7-1)12-14-10(9-17-12)8-15-5-3-13-4-6-15/h1-2,7,9,13H,3-6,8H2. The highest BCUT2D eigenvalue weighted by molar-refractivity contribution is 5.43. The number of hydrogen-bond donors (Lipinski definition) is 1. The van der Waals surface area contributed by atoms with Crippen LogP contribution in [0.5, 0.6) is 0 Å². The Balaban J connectivity index is 1.68. The van der Waals surface area contributed by atoms with Crippen LogP contribution < -0.4 is 5.32 Å². The van der Waals surface area contributed by atoms with Crippen LogP contribution in [0.15, 0.2) is 33.5 Å². The van der Waals surface area contributed by atoms with Crippen LogP contribution in [0.1, 0.15) is 5.69 Å². The van der Waals surface area contributed by atoms with E-state index in [1.54, 1.807) is 12.5 Å². The molecule has 2 aromatic rings. The van der Waals surface area contributed by atoms with Crippen molar-refractivity contribution in [2.45, 2.75) is 6.54 Å². The first-order valence-electron chi connectivity index (χ1n) is 5.83. The first-order valence-corrected chi connectivity index (χ1v) is 5.83. The molecule has 1 fully saturated rings. The van der Waals surface area contributed by atoms with Crippen molar-refractivity contribution < 1.29 is 8.83 Å². The number of rotatable bonds is 3. The van der Waals surface area contributed by atoms with E-state index in [4.69, 9.17) is 8.83 Å². The number of nitrogens with zero attached hydrogens (tertiary/aromatic N) is 2. The van der Waals surface area contributed by atoms with Crippen molar-refractivity contribution in [3.63, 3.8) is 0 Å². The number of aromatic nitrogens is 1. The van der Waals surface area contributed by atoms with Gasteiger partial charge in [-0.1, -0.05) is 0 Å². The van der Waals surface area contributed by atoms with Crippen LogP contribution >= 0.6 is 0 Å². The molecule has 0 unspecified atom stereocenters. The van der Waals surface area contributed by atoms with Gasteiger partial charge >= 0.3 is 0 Å². The zero-order valence-electron chi connectivity index (χ0n) is 9.56. The average molecular weight is 233 g/mol. The predicted molar refractivity (Wildman–Crippen MR) is 62.4 cm³/mol. The molecule has 1 saturated heterocycles. The number of oxazole rings is 1. The Kier molecular flexibility index (Phi) is 2.94. The highest BCUT2D eigenvalue weighted by atomic mass is 16.4. The van der Waals surface area contributed by atoms with E-state index >= 15 is 0 Å². The smallest absolute Gasteiger partial charge is 0.263 e. The molecule has 0 saturated carbocycles. The van der Waals surface area contributed by atoms with Crippen LogP contribution in [0.3, 0.4) is 0 Å². The summed E-state index contributed by atoms with van der Waals surface area (Å²) in [5.41, 5.74) is 0.957. The second-order valence-electron chi connectivity index (χ2n) is 4.15. The first kappa shape index (κ1) is 10.6. The fourth-order valence-electron chi connectivity index (χ4n) is 1.99. The molecule has 0 spiro atoms. The minimum atomic E-state index is 0.556. The van der Waals surface area contributed by atoms with E-state index in [-0.39, 0.29) is 0 Å². The number of hydrogen-bond acceptors (Lipinski definition) is 5. The molecule has 0 radical (unpaired) electrons. The Hall–Kier alpha value is -1.59. The van der Waals surface area contributed by atoms with Crippen molar-refractivity contribution in [2.24, 2.45) is 0 Å². The normalized spacial score (nSPS) is 17.4. The Morgan fingerprint density at radius 1 is 1.29 bits per heavy atom. The first-order chi connectivity index (χ1) is 8.42. The second kappa shape index (κ2) is 4.73. The topological polar surface area (TPSA) is 54.4 Å². The Bertz CT molecular complexity index is 458. The maximum atomic E-state index is 5.40. The SMILES string of the molecule is c1coc(-c2nc(CN3CCNCC3)co2)c1. The summed E-state index contributed by atoms with van der Waals surface area (Å²) < 4.78 is 10.6. The van der Waals surface area contributed by atoms with E-state index in [1.807, 2.05) is 12.1 Å². The molecule has 17 heavy (non-hydrogen) atoms. The van der Waals surface area contributed by atoms with Crippen molar-refractivity contribution in [1.29, 1.82) is 0 Å². The third-order valence-corrected chi connectivity index (χ3v) is 2.88. The molecule has 0 amide bonds. The summed E-state index contributed by atoms with van der Waals surface area (Å²) >= 11 is 0. The molecular weight excluding hydrogens is 218 g/mol. The third-order valence-electron chi connectivity index (χ3n) is 2.88. The van der Waals surface area contributed by atoms with Gasteiger partial charge in [0, 0.05) is 32.7 Å². The van der Waals surface area contributed by atoms with Gasteiger partial charge in [0.1, 0.15) is 6.26 Å². The van der Waals surface area contributed by atoms with Crippen molar-refractivity contribution in [3.8, 4) is 11.7 Å². The largest absolute Gasteiger partial charge is 0.459 e. The molecule has 5 heteroatoms. The van der Waals surface area contributed by atoms with Crippen LogP contribution in [0.4, 0.5) is 0 Å². The van der Waals surface area contributed by atoms with Crippen LogP contribution in [-0.2, 0) is 6.54 Å². The lowest BCUT2D eigenvalue weighted by atomic mass is 10.3. The van der Waals surface area contributed by atoms with Crippen molar-refractivity contribution in [1.82, 2.24) is 15.2 Å². The molecule has 90 valence electrons. The molecule has 0 atom stereocenters. The Morgan fingerprint density at radius 3 is 2.94 bits per heavy atom. The molecular formula is C12H15N3O2. The minimum absolute atomic E-state index is 0.556. The summed E-state index contributed by atoms with van der Waals surface area (Å²) in [6, 6.07) is 3.68. The summed E-state index contributed by atoms with van der Waals surface area (Å²) in [5.74, 6) is 1.23. The minimum Gasteiger partial charge on any atom is -0.459 e. The van der Waals surface area contributed by atoms with Gasteiger partial charge in [-0.2, -0.15) is 0 Å². The molecule has 1 N–H and O–H groups in total. The van der Waals surface area contributed by atoms with Crippen LogP contribution in [-0.4, -0.2) is 36.1 Å². The maximum Gasteiger partial charge on any atom is 0.263 e. The van der Waals surface area contributed by atoms with Gasteiger partial charge in [0.15, 0.2) is 5.76 Å². The second-order valence-corrected chi connectivity index (χ2v) is 4.15. The molecule has 1 aliphatic rings. The van der Waals surface area contributed by atoms with Gasteiger partial charge in [-0.25, -0.2) is 4.98 Å². The van der Waals surface area contributed by atoms with Crippen molar-refractivity contribution in [2.75, 3.05) is 26.2 Å². The summed E-state index contributed by atoms with van der Waals surface area (Å²) in [7, 11) is 0. The lowest BCUT2D eigenvalue weighted by molar-refractivity contribution is 0.230. The molecule has 0 aromatic carbocycles. The van der Waals surface area contributed by atoms with Gasteiger partial charge < -0.3 is 14.2 Å². The summed E-state index contributed by atoms with van der Waals surface area (Å²) in [5, 5.41) is 3.33. The van der Waals surface area contributed by atoms with Gasteiger partial charge in [0.05, 0.1) is 12.0 Å². The summed E-state index contributed by atoms with van der Waals surface area (Å²) in [4.78, 5) is 6.79. The van der Waals surface area contributed by atoms with Crippen LogP contribution in [0, 0.1) is 0 Å². The molecule has 5 nitrogen and oxygen atoms in total. The van der Waals surface area contributed by atoms with Gasteiger partial charge in [-0.05, 0) is 12.1 Å². The van der Waals surface area contributed by atoms with Crippen molar-refractivity contribution in [3.05, 3.63) is 30.4 Å². The third kappa shape index (κ3) is 2.40. The van der Waals surface area contributed by atoms with Gasteiger partial charge in [-0.15, -0.1) is 0 Å². The summed E-state index contributed by atoms with van der Waals surface area (Å²) in [6.07, 6.45) is 3.33. The quantitative estimate of drug-likeness (QED) is 0.867. The van der Waals surface area contributed by atoms with E-state index < -0.39 is 0 Å². The van der Waals surface area contributed by atoms with E-state index in [1.165, 1.54) is 0 Å². The van der Waals surface area contributed by atoms with Gasteiger partial charge in [0.2, 0.25) is 0 Å². The Labute approximate surface area is 99.4 Å². The summed E-state index contributed by atoms with van der Waals surface area (Å²) in [6.45, 7) is 5.05. The Morgan fingerprint density at radius 2 is 2.18 bits per heavy atom. The van der Waals surface area contributed by atoms with Gasteiger partial charge in [-0.3, -0.25) is 4.90 Å². The molecule has 3 heterocycles. The lowest BCUT2D eigenvalue weighted by Gasteiger charge is -2.25. The number of nitrogens with one attached hydrogen (secondary N) is 1. The lowest BCUT2D eigenvalue weighted by Crippen LogP contribution is -2.42. The van der Waals surface area contributed by atoms with Crippen LogP contribution in [0.2, 0.25) is 0 Å². The van der Waals surface area contributed by atoms with Crippen LogP contribution in [0.25, 0.3) is 11.7 Å². The zero-order valence-corrected chi connectivity index (χ0v) is 9.56. The highest BCUT2D eigenvalue weighted by Crippen LogP contribution is 2.19. The molecule has 1 aliphatic heterocycles. The fraction of sp³-hybridized carbons (Fsp3) is 0.417. The van der Waals surface area contributed by atoms with E-state index in [9.17, 15) is 0 Å². The van der Waals surface area contributed by atoms with Crippen molar-refractivity contribution >= 4 is 0 Å². The molecule has 3 rings (SSSR count). The maximum absolute atomic E-state index is 5.40. The number of piperazine rings is 1. The molecule has 0 aliphatic carbocycles. The molecule has 0 bridgehead atoms. The van der Waals surface area contributed by atoms with Gasteiger partial charge in [0.25, 0.3) is 5.89 Å². The average Bonchev–Trinajstić information content (AvgIpc) is 3.00. The van der Waals surface area contributed by atoms with E-state index in [2.05, 4.69) is 15.2 Å². The van der Waals surface area contributed by atoms with E-state index in [0.29, 0.717) is 11.7 Å². The van der Waals surface area contributed by atoms with E-state index in [0.717, 1.165) is 38.4 Å². The zero-order chi connectivity index (χ0) is 11.5.